The Bertz CT molecular complexity index is 473. The second kappa shape index (κ2) is 19.0. The van der Waals surface area contributed by atoms with E-state index in [-0.39, 0.29) is 21.7 Å². The molecule has 0 amide bonds. The van der Waals surface area contributed by atoms with Gasteiger partial charge < -0.3 is 4.74 Å². The van der Waals surface area contributed by atoms with E-state index in [1.54, 1.807) is 0 Å². The summed E-state index contributed by atoms with van der Waals surface area (Å²) in [7, 11) is 0.750. The molecule has 3 heteroatoms. The van der Waals surface area contributed by atoms with Gasteiger partial charge in [0.25, 0.3) is 0 Å². The van der Waals surface area contributed by atoms with Gasteiger partial charge in [0.05, 0.1) is 0 Å². The fourth-order valence-corrected chi connectivity index (χ4v) is 1.42. The molecule has 0 aromatic heterocycles. The number of allylic oxidation sites excluding steroid dienone is 7. The Labute approximate surface area is 159 Å². The molecule has 0 aliphatic heterocycles. The molecule has 1 aliphatic rings. The molecule has 2 rings (SSSR count). The van der Waals surface area contributed by atoms with E-state index in [9.17, 15) is 0 Å². The first-order chi connectivity index (χ1) is 10.7. The number of ether oxygens (including phenoxy) is 1. The summed E-state index contributed by atoms with van der Waals surface area (Å²) in [6.07, 6.45) is 16.3. The maximum absolute atomic E-state index is 5.43. The van der Waals surface area contributed by atoms with Crippen molar-refractivity contribution in [3.8, 4) is 5.75 Å². The first-order valence-electron chi connectivity index (χ1n) is 7.68. The maximum atomic E-state index is 5.43. The van der Waals surface area contributed by atoms with Gasteiger partial charge in [0.1, 0.15) is 12.4 Å². The maximum Gasteiger partial charge on any atom is 0.119 e. The summed E-state index contributed by atoms with van der Waals surface area (Å²) in [6, 6.07) is 9.80. The Morgan fingerprint density at radius 3 is 2.26 bits per heavy atom. The summed E-state index contributed by atoms with van der Waals surface area (Å²) in [5.41, 5.74) is 1.27. The van der Waals surface area contributed by atoms with Crippen molar-refractivity contribution in [2.75, 3.05) is 6.61 Å². The molecule has 1 aromatic carbocycles. The minimum absolute atomic E-state index is 0. The van der Waals surface area contributed by atoms with E-state index >= 15 is 0 Å². The monoisotopic (exact) mass is 360 g/mol. The van der Waals surface area contributed by atoms with Crippen LogP contribution < -0.4 is 4.74 Å². The van der Waals surface area contributed by atoms with Crippen LogP contribution in [0.3, 0.4) is 0 Å². The van der Waals surface area contributed by atoms with E-state index in [1.165, 1.54) is 5.57 Å². The molecular weight excluding hydrogens is 332 g/mol. The van der Waals surface area contributed by atoms with E-state index in [0.29, 0.717) is 6.61 Å². The van der Waals surface area contributed by atoms with Crippen LogP contribution >= 0.6 is 0 Å². The predicted octanol–water partition coefficient (Wildman–Crippen LogP) is 5.41. The summed E-state index contributed by atoms with van der Waals surface area (Å²) >= 11 is 0. The number of rotatable bonds is 4. The van der Waals surface area contributed by atoms with Gasteiger partial charge in [-0.15, -0.1) is 6.42 Å². The van der Waals surface area contributed by atoms with E-state index < -0.39 is 0 Å². The Morgan fingerprint density at radius 1 is 1.17 bits per heavy atom. The Balaban J connectivity index is 0. The Hall–Kier alpha value is -1.09. The van der Waals surface area contributed by atoms with Crippen LogP contribution in [0, 0.1) is 6.08 Å². The molecule has 0 saturated heterocycles. The van der Waals surface area contributed by atoms with Crippen molar-refractivity contribution in [2.24, 2.45) is 0 Å². The van der Waals surface area contributed by atoms with Crippen LogP contribution in [0.25, 0.3) is 0 Å². The molecule has 1 aliphatic carbocycles. The SMILES string of the molecule is CC1=[C-]CC=C1.CC=CC=CCOc1ccccc1.C[SiH]C.[Ti]. The van der Waals surface area contributed by atoms with Gasteiger partial charge in [0.15, 0.2) is 0 Å². The van der Waals surface area contributed by atoms with Crippen LogP contribution in [0.5, 0.6) is 5.75 Å². The third-order valence-electron chi connectivity index (χ3n) is 2.40. The fourth-order valence-electron chi connectivity index (χ4n) is 1.42. The van der Waals surface area contributed by atoms with Crippen LogP contribution in [-0.4, -0.2) is 16.1 Å². The summed E-state index contributed by atoms with van der Waals surface area (Å²) < 4.78 is 5.43. The first-order valence-corrected chi connectivity index (χ1v) is 9.99. The number of benzene rings is 1. The molecule has 0 atom stereocenters. The second-order valence-corrected chi connectivity index (χ2v) is 5.78. The van der Waals surface area contributed by atoms with E-state index in [4.69, 9.17) is 4.74 Å². The van der Waals surface area contributed by atoms with Crippen LogP contribution in [0.4, 0.5) is 0 Å². The molecule has 0 bridgehead atoms. The molecule has 0 unspecified atom stereocenters. The number of hydrogen-bond donors (Lipinski definition) is 0. The van der Waals surface area contributed by atoms with Gasteiger partial charge in [0.2, 0.25) is 0 Å². The van der Waals surface area contributed by atoms with E-state index in [0.717, 1.165) is 21.7 Å². The van der Waals surface area contributed by atoms with Gasteiger partial charge in [-0.05, 0) is 25.1 Å². The normalized spacial score (nSPS) is 11.9. The molecule has 0 saturated carbocycles. The van der Waals surface area contributed by atoms with Gasteiger partial charge in [0, 0.05) is 31.2 Å². The van der Waals surface area contributed by atoms with Crippen LogP contribution in [-0.2, 0) is 21.7 Å². The fraction of sp³-hybridized carbons (Fsp3) is 0.300. The minimum atomic E-state index is 0. The molecule has 123 valence electrons. The van der Waals surface area contributed by atoms with E-state index in [2.05, 4.69) is 38.2 Å². The van der Waals surface area contributed by atoms with Crippen molar-refractivity contribution in [1.82, 2.24) is 0 Å². The summed E-state index contributed by atoms with van der Waals surface area (Å²) in [5, 5.41) is 0. The quantitative estimate of drug-likeness (QED) is 0.396. The molecule has 1 radical (unpaired) electrons. The van der Waals surface area contributed by atoms with Crippen molar-refractivity contribution in [3.05, 3.63) is 78.4 Å². The molecule has 0 heterocycles. The zero-order valence-corrected chi connectivity index (χ0v) is 17.5. The summed E-state index contributed by atoms with van der Waals surface area (Å²) in [5.74, 6) is 0.910. The van der Waals surface area contributed by atoms with Crippen molar-refractivity contribution >= 4 is 9.52 Å². The topological polar surface area (TPSA) is 9.23 Å². The third-order valence-corrected chi connectivity index (χ3v) is 2.40. The van der Waals surface area contributed by atoms with Crippen molar-refractivity contribution in [3.63, 3.8) is 0 Å². The zero-order valence-electron chi connectivity index (χ0n) is 14.8. The summed E-state index contributed by atoms with van der Waals surface area (Å²) in [6.45, 7) is 9.08. The molecular formula is C20H28OSiTi-. The van der Waals surface area contributed by atoms with Crippen LogP contribution in [0.2, 0.25) is 13.1 Å². The molecule has 0 fully saturated rings. The Morgan fingerprint density at radius 2 is 1.83 bits per heavy atom. The molecule has 1 nitrogen and oxygen atoms in total. The van der Waals surface area contributed by atoms with Gasteiger partial charge in [-0.1, -0.05) is 56.4 Å². The molecule has 23 heavy (non-hydrogen) atoms. The number of para-hydroxylation sites is 1. The third kappa shape index (κ3) is 17.1. The van der Waals surface area contributed by atoms with Crippen molar-refractivity contribution < 1.29 is 26.5 Å². The average Bonchev–Trinajstić information content (AvgIpc) is 3.01. The van der Waals surface area contributed by atoms with Gasteiger partial charge in [-0.2, -0.15) is 6.08 Å². The van der Waals surface area contributed by atoms with Crippen molar-refractivity contribution in [2.45, 2.75) is 33.4 Å². The van der Waals surface area contributed by atoms with Gasteiger partial charge in [-0.25, -0.2) is 11.6 Å². The molecule has 0 spiro atoms. The largest absolute Gasteiger partial charge is 0.490 e. The van der Waals surface area contributed by atoms with Crippen LogP contribution in [0.15, 0.2) is 72.4 Å². The van der Waals surface area contributed by atoms with Gasteiger partial charge >= 0.3 is 0 Å². The predicted molar refractivity (Wildman–Crippen MR) is 101 cm³/mol. The Kier molecular flexibility index (Phi) is 19.9. The summed E-state index contributed by atoms with van der Waals surface area (Å²) in [4.78, 5) is 0. The van der Waals surface area contributed by atoms with E-state index in [1.807, 2.05) is 61.6 Å². The number of hydrogen-bond acceptors (Lipinski definition) is 1. The van der Waals surface area contributed by atoms with Crippen molar-refractivity contribution in [1.29, 1.82) is 0 Å². The minimum Gasteiger partial charge on any atom is -0.490 e. The molecule has 0 N–H and O–H groups in total. The first kappa shape index (κ1) is 24.2. The molecule has 1 aromatic rings. The van der Waals surface area contributed by atoms with Crippen LogP contribution in [0.1, 0.15) is 20.3 Å². The smallest absolute Gasteiger partial charge is 0.119 e. The standard InChI is InChI=1S/C12H14O.C6H7.C2H7Si.Ti/c1-2-3-4-8-11-13-12-9-6-5-7-10-12;1-6-4-2-3-5-6;1-3-2;/h2-10H,11H2,1H3;2,4H,3H2,1H3;3H,1-2H3;/q;-1;;. The zero-order chi connectivity index (χ0) is 16.5. The second-order valence-electron chi connectivity index (χ2n) is 4.62. The van der Waals surface area contributed by atoms with Gasteiger partial charge in [-0.3, -0.25) is 6.08 Å². The average molecular weight is 360 g/mol.